The summed E-state index contributed by atoms with van der Waals surface area (Å²) in [6.45, 7) is 0. The number of benzene rings is 3. The third-order valence-corrected chi connectivity index (χ3v) is 6.71. The van der Waals surface area contributed by atoms with Gasteiger partial charge < -0.3 is 21.3 Å². The number of rotatable bonds is 8. The van der Waals surface area contributed by atoms with Crippen molar-refractivity contribution in [3.63, 3.8) is 0 Å². The van der Waals surface area contributed by atoms with Crippen LogP contribution >= 0.6 is 11.3 Å². The highest BCUT2D eigenvalue weighted by atomic mass is 32.1. The Labute approximate surface area is 207 Å². The van der Waals surface area contributed by atoms with Crippen LogP contribution in [0.2, 0.25) is 0 Å². The number of fused-ring (bicyclic) bond motifs is 1. The van der Waals surface area contributed by atoms with Gasteiger partial charge in [-0.15, -0.1) is 11.3 Å². The van der Waals surface area contributed by atoms with Gasteiger partial charge in [0.05, 0.1) is 4.88 Å². The predicted molar refractivity (Wildman–Crippen MR) is 141 cm³/mol. The van der Waals surface area contributed by atoms with E-state index in [2.05, 4.69) is 10.6 Å². The van der Waals surface area contributed by atoms with Gasteiger partial charge >= 0.3 is 0 Å². The number of thiophene rings is 1. The van der Waals surface area contributed by atoms with Crippen LogP contribution < -0.4 is 21.3 Å². The monoisotopic (exact) mass is 486 g/mol. The molecule has 0 unspecified atom stereocenters. The molecule has 0 saturated carbocycles. The van der Waals surface area contributed by atoms with Gasteiger partial charge in [0.2, 0.25) is 5.91 Å². The Morgan fingerprint density at radius 2 is 1.66 bits per heavy atom. The number of primary amides is 1. The predicted octanol–water partition coefficient (Wildman–Crippen LogP) is 4.05. The van der Waals surface area contributed by atoms with E-state index < -0.39 is 11.9 Å². The summed E-state index contributed by atoms with van der Waals surface area (Å²) >= 11 is 1.30. The minimum atomic E-state index is -0.794. The summed E-state index contributed by atoms with van der Waals surface area (Å²) in [5, 5.41) is 6.60. The van der Waals surface area contributed by atoms with Crippen LogP contribution in [0.3, 0.4) is 0 Å². The minimum Gasteiger partial charge on any atom is -0.378 e. The number of hydrogen-bond donors (Lipinski definition) is 3. The molecule has 178 valence electrons. The van der Waals surface area contributed by atoms with E-state index in [1.807, 2.05) is 67.5 Å². The molecule has 0 spiro atoms. The quantitative estimate of drug-likeness (QED) is 0.350. The van der Waals surface area contributed by atoms with Crippen molar-refractivity contribution in [2.24, 2.45) is 5.73 Å². The zero-order valence-electron chi connectivity index (χ0n) is 19.4. The van der Waals surface area contributed by atoms with E-state index in [1.165, 1.54) is 11.3 Å². The Hall–Kier alpha value is -4.17. The lowest BCUT2D eigenvalue weighted by Gasteiger charge is -2.19. The van der Waals surface area contributed by atoms with E-state index in [4.69, 9.17) is 5.73 Å². The van der Waals surface area contributed by atoms with Gasteiger partial charge in [-0.25, -0.2) is 0 Å². The van der Waals surface area contributed by atoms with Crippen molar-refractivity contribution < 1.29 is 14.4 Å². The molecule has 0 aliphatic rings. The molecule has 8 heteroatoms. The molecule has 1 atom stereocenters. The number of nitrogens with one attached hydrogen (secondary N) is 2. The normalized spacial score (nSPS) is 11.6. The standard InChI is InChI=1S/C27H26N4O3S/c1-31(2)21-11-8-18(9-12-21)26(33)30-22(14-17-6-4-3-5-7-17)27(34)29-20-10-13-23-19(15-20)16-24(35-23)25(28)32/h3-13,15-16,22H,14H2,1-2H3,(H2,28,32)(H,29,34)(H,30,33)/t22-/m0/s1. The van der Waals surface area contributed by atoms with Crippen molar-refractivity contribution in [1.82, 2.24) is 5.32 Å². The lowest BCUT2D eigenvalue weighted by Crippen LogP contribution is -2.45. The first-order valence-corrected chi connectivity index (χ1v) is 11.9. The fourth-order valence-corrected chi connectivity index (χ4v) is 4.58. The average Bonchev–Trinajstić information content (AvgIpc) is 3.28. The van der Waals surface area contributed by atoms with Crippen LogP contribution in [0.15, 0.2) is 78.9 Å². The van der Waals surface area contributed by atoms with Gasteiger partial charge in [0.15, 0.2) is 0 Å². The van der Waals surface area contributed by atoms with Crippen LogP contribution in [0, 0.1) is 0 Å². The van der Waals surface area contributed by atoms with Gasteiger partial charge in [-0.2, -0.15) is 0 Å². The molecule has 0 aliphatic heterocycles. The Balaban J connectivity index is 1.54. The molecule has 1 heterocycles. The fraction of sp³-hybridized carbons (Fsp3) is 0.148. The van der Waals surface area contributed by atoms with E-state index in [1.54, 1.807) is 30.3 Å². The van der Waals surface area contributed by atoms with Crippen molar-refractivity contribution in [2.75, 3.05) is 24.3 Å². The molecule has 0 bridgehead atoms. The summed E-state index contributed by atoms with van der Waals surface area (Å²) in [6.07, 6.45) is 0.334. The van der Waals surface area contributed by atoms with Gasteiger partial charge in [0, 0.05) is 42.2 Å². The zero-order valence-corrected chi connectivity index (χ0v) is 20.3. The maximum absolute atomic E-state index is 13.3. The van der Waals surface area contributed by atoms with Crippen molar-refractivity contribution in [3.05, 3.63) is 94.9 Å². The molecular formula is C27H26N4O3S. The maximum Gasteiger partial charge on any atom is 0.258 e. The molecule has 0 saturated heterocycles. The van der Waals surface area contributed by atoms with E-state index >= 15 is 0 Å². The zero-order chi connectivity index (χ0) is 24.9. The summed E-state index contributed by atoms with van der Waals surface area (Å²) in [5.74, 6) is -1.15. The molecule has 35 heavy (non-hydrogen) atoms. The molecule has 0 radical (unpaired) electrons. The third kappa shape index (κ3) is 5.85. The van der Waals surface area contributed by atoms with E-state index in [0.29, 0.717) is 22.5 Å². The van der Waals surface area contributed by atoms with E-state index in [-0.39, 0.29) is 11.8 Å². The van der Waals surface area contributed by atoms with Crippen LogP contribution in [0.1, 0.15) is 25.6 Å². The van der Waals surface area contributed by atoms with Crippen LogP contribution in [0.5, 0.6) is 0 Å². The Morgan fingerprint density at radius 3 is 2.31 bits per heavy atom. The first kappa shape index (κ1) is 24.0. The molecule has 1 aromatic heterocycles. The molecule has 3 aromatic carbocycles. The van der Waals surface area contributed by atoms with E-state index in [0.717, 1.165) is 21.3 Å². The molecule has 4 rings (SSSR count). The fourth-order valence-electron chi connectivity index (χ4n) is 3.68. The van der Waals surface area contributed by atoms with Crippen molar-refractivity contribution in [1.29, 1.82) is 0 Å². The van der Waals surface area contributed by atoms with Gasteiger partial charge in [-0.05, 0) is 59.5 Å². The maximum atomic E-state index is 13.3. The molecule has 4 N–H and O–H groups in total. The average molecular weight is 487 g/mol. The summed E-state index contributed by atoms with van der Waals surface area (Å²) < 4.78 is 0.895. The highest BCUT2D eigenvalue weighted by molar-refractivity contribution is 7.20. The number of amides is 3. The number of anilines is 2. The second-order valence-corrected chi connectivity index (χ2v) is 9.46. The lowest BCUT2D eigenvalue weighted by atomic mass is 10.0. The molecule has 7 nitrogen and oxygen atoms in total. The second-order valence-electron chi connectivity index (χ2n) is 8.37. The first-order valence-electron chi connectivity index (χ1n) is 11.1. The highest BCUT2D eigenvalue weighted by Gasteiger charge is 2.22. The Bertz CT molecular complexity index is 1360. The Kier molecular flexibility index (Phi) is 7.12. The van der Waals surface area contributed by atoms with Crippen LogP contribution in [-0.4, -0.2) is 37.9 Å². The SMILES string of the molecule is CN(C)c1ccc(C(=O)N[C@@H](Cc2ccccc2)C(=O)Nc2ccc3sc(C(N)=O)cc3c2)cc1. The van der Waals surface area contributed by atoms with Crippen LogP contribution in [0.4, 0.5) is 11.4 Å². The van der Waals surface area contributed by atoms with Gasteiger partial charge in [0.25, 0.3) is 11.8 Å². The van der Waals surface area contributed by atoms with Crippen LogP contribution in [0.25, 0.3) is 10.1 Å². The summed E-state index contributed by atoms with van der Waals surface area (Å²) in [7, 11) is 3.86. The highest BCUT2D eigenvalue weighted by Crippen LogP contribution is 2.28. The van der Waals surface area contributed by atoms with Gasteiger partial charge in [0.1, 0.15) is 6.04 Å². The molecule has 4 aromatic rings. The minimum absolute atomic E-state index is 0.328. The number of hydrogen-bond acceptors (Lipinski definition) is 5. The summed E-state index contributed by atoms with van der Waals surface area (Å²) in [5.41, 5.74) is 8.33. The van der Waals surface area contributed by atoms with Gasteiger partial charge in [-0.3, -0.25) is 14.4 Å². The van der Waals surface area contributed by atoms with Crippen molar-refractivity contribution in [3.8, 4) is 0 Å². The molecule has 3 amide bonds. The number of carbonyl (C=O) groups is 3. The summed E-state index contributed by atoms with van der Waals surface area (Å²) in [6, 6.07) is 23.0. The topological polar surface area (TPSA) is 105 Å². The first-order chi connectivity index (χ1) is 16.8. The second kappa shape index (κ2) is 10.4. The third-order valence-electron chi connectivity index (χ3n) is 5.58. The number of carbonyl (C=O) groups excluding carboxylic acids is 3. The smallest absolute Gasteiger partial charge is 0.258 e. The summed E-state index contributed by atoms with van der Waals surface area (Å²) in [4.78, 5) is 40.1. The molecule has 0 aliphatic carbocycles. The number of nitrogens with two attached hydrogens (primary N) is 1. The molecule has 0 fully saturated rings. The van der Waals surface area contributed by atoms with Crippen molar-refractivity contribution in [2.45, 2.75) is 12.5 Å². The molecular weight excluding hydrogens is 460 g/mol. The van der Waals surface area contributed by atoms with Gasteiger partial charge in [-0.1, -0.05) is 30.3 Å². The lowest BCUT2D eigenvalue weighted by molar-refractivity contribution is -0.118. The van der Waals surface area contributed by atoms with Crippen molar-refractivity contribution >= 4 is 50.5 Å². The van der Waals surface area contributed by atoms with Crippen LogP contribution in [-0.2, 0) is 11.2 Å². The van der Waals surface area contributed by atoms with E-state index in [9.17, 15) is 14.4 Å². The largest absolute Gasteiger partial charge is 0.378 e. The Morgan fingerprint density at radius 1 is 0.943 bits per heavy atom. The number of nitrogens with zero attached hydrogens (tertiary/aromatic N) is 1.